The van der Waals surface area contributed by atoms with E-state index in [4.69, 9.17) is 18.9 Å². The van der Waals surface area contributed by atoms with Gasteiger partial charge in [-0.3, -0.25) is 9.59 Å². The number of hydrogen-bond donors (Lipinski definition) is 1. The molecule has 2 rings (SSSR count). The molecular weight excluding hydrogens is 446 g/mol. The van der Waals surface area contributed by atoms with E-state index in [-0.39, 0.29) is 47.7 Å². The molecule has 2 saturated heterocycles. The number of allylic oxidation sites excluding steroid dienone is 2. The van der Waals surface area contributed by atoms with Gasteiger partial charge in [0.25, 0.3) is 0 Å². The first-order valence-corrected chi connectivity index (χ1v) is 12.9. The smallest absolute Gasteiger partial charge is 0.303 e. The molecule has 0 aromatic carbocycles. The van der Waals surface area contributed by atoms with E-state index in [1.807, 2.05) is 20.8 Å². The van der Waals surface area contributed by atoms with Gasteiger partial charge in [-0.25, -0.2) is 0 Å². The van der Waals surface area contributed by atoms with Gasteiger partial charge < -0.3 is 24.3 Å². The second-order valence-electron chi connectivity index (χ2n) is 10.4. The zero-order valence-corrected chi connectivity index (χ0v) is 22.5. The summed E-state index contributed by atoms with van der Waals surface area (Å²) in [5.41, 5.74) is 1.27. The molecule has 7 nitrogen and oxygen atoms in total. The number of amides is 1. The van der Waals surface area contributed by atoms with E-state index in [1.54, 1.807) is 13.0 Å². The summed E-state index contributed by atoms with van der Waals surface area (Å²) in [4.78, 5) is 23.2. The summed E-state index contributed by atoms with van der Waals surface area (Å²) in [7, 11) is 0. The maximum Gasteiger partial charge on any atom is 0.303 e. The monoisotopic (exact) mass is 491 g/mol. The molecule has 1 spiro atoms. The highest BCUT2D eigenvalue weighted by molar-refractivity contribution is 5.87. The van der Waals surface area contributed by atoms with Crippen molar-refractivity contribution < 1.29 is 28.5 Å². The molecule has 1 amide bonds. The third kappa shape index (κ3) is 11.5. The average Bonchev–Trinajstić information content (AvgIpc) is 3.50. The predicted molar refractivity (Wildman–Crippen MR) is 137 cm³/mol. The second-order valence-corrected chi connectivity index (χ2v) is 10.4. The van der Waals surface area contributed by atoms with Gasteiger partial charge in [0.2, 0.25) is 5.91 Å². The molecule has 0 unspecified atom stereocenters. The molecule has 1 N–H and O–H groups in total. The van der Waals surface area contributed by atoms with Crippen LogP contribution >= 0.6 is 0 Å². The van der Waals surface area contributed by atoms with E-state index in [9.17, 15) is 9.59 Å². The molecule has 2 aliphatic rings. The molecule has 7 heteroatoms. The third-order valence-corrected chi connectivity index (χ3v) is 6.33. The highest BCUT2D eigenvalue weighted by atomic mass is 16.6. The lowest BCUT2D eigenvalue weighted by molar-refractivity contribution is -0.143. The lowest BCUT2D eigenvalue weighted by Crippen LogP contribution is -2.36. The Labute approximate surface area is 211 Å². The van der Waals surface area contributed by atoms with Gasteiger partial charge in [-0.05, 0) is 59.5 Å². The van der Waals surface area contributed by atoms with Crippen molar-refractivity contribution in [3.05, 3.63) is 36.0 Å². The van der Waals surface area contributed by atoms with Crippen LogP contribution in [0.5, 0.6) is 0 Å². The van der Waals surface area contributed by atoms with Crippen molar-refractivity contribution in [2.24, 2.45) is 5.92 Å². The van der Waals surface area contributed by atoms with Crippen LogP contribution in [-0.4, -0.2) is 61.1 Å². The molecule has 0 saturated carbocycles. The zero-order chi connectivity index (χ0) is 26.0. The summed E-state index contributed by atoms with van der Waals surface area (Å²) in [6.07, 6.45) is 12.9. The normalized spacial score (nSPS) is 26.2. The molecule has 2 heterocycles. The van der Waals surface area contributed by atoms with Gasteiger partial charge >= 0.3 is 5.97 Å². The van der Waals surface area contributed by atoms with Crippen LogP contribution in [0.15, 0.2) is 36.0 Å². The highest BCUT2D eigenvalue weighted by Gasteiger charge is 2.48. The Balaban J connectivity index is 1.84. The van der Waals surface area contributed by atoms with Crippen molar-refractivity contribution in [2.75, 3.05) is 13.2 Å². The van der Waals surface area contributed by atoms with Crippen molar-refractivity contribution in [1.82, 2.24) is 5.32 Å². The Morgan fingerprint density at radius 2 is 1.86 bits per heavy atom. The minimum Gasteiger partial charge on any atom is -0.459 e. The van der Waals surface area contributed by atoms with E-state index in [2.05, 4.69) is 37.4 Å². The Bertz CT molecular complexity index is 782. The summed E-state index contributed by atoms with van der Waals surface area (Å²) in [6, 6.07) is -0.0187. The van der Waals surface area contributed by atoms with Crippen LogP contribution in [0.2, 0.25) is 0 Å². The van der Waals surface area contributed by atoms with Crippen molar-refractivity contribution in [1.29, 1.82) is 0 Å². The van der Waals surface area contributed by atoms with Gasteiger partial charge in [-0.1, -0.05) is 30.7 Å². The third-order valence-electron chi connectivity index (χ3n) is 6.33. The molecule has 2 aliphatic heterocycles. The molecule has 198 valence electrons. The van der Waals surface area contributed by atoms with Crippen LogP contribution in [-0.2, 0) is 28.5 Å². The minimum absolute atomic E-state index is 0.0187. The number of epoxide rings is 1. The molecule has 0 aliphatic carbocycles. The first-order valence-electron chi connectivity index (χ1n) is 12.9. The molecule has 0 bridgehead atoms. The number of esters is 1. The Morgan fingerprint density at radius 3 is 2.49 bits per heavy atom. The summed E-state index contributed by atoms with van der Waals surface area (Å²) < 4.78 is 22.7. The van der Waals surface area contributed by atoms with Crippen LogP contribution in [0, 0.1) is 5.92 Å². The zero-order valence-electron chi connectivity index (χ0n) is 22.5. The van der Waals surface area contributed by atoms with Crippen LogP contribution in [0.3, 0.4) is 0 Å². The quantitative estimate of drug-likeness (QED) is 0.175. The topological polar surface area (TPSA) is 86.4 Å². The van der Waals surface area contributed by atoms with E-state index in [0.29, 0.717) is 0 Å². The molecule has 0 aromatic heterocycles. The largest absolute Gasteiger partial charge is 0.459 e. The number of carbonyl (C=O) groups excluding carboxylic acids is 2. The SMILES string of the molecule is CC(=O)O[C@@H](C)/C=C\C(=O)N[C@@H](C)C[C@H](C)[C@H](C/C=C(C)/C=C/[C@@H]1C[C@@]2(CCO1)CO2)OC(C)C. The van der Waals surface area contributed by atoms with E-state index >= 15 is 0 Å². The number of hydrogen-bond acceptors (Lipinski definition) is 6. The number of rotatable bonds is 13. The fraction of sp³-hybridized carbons (Fsp3) is 0.714. The van der Waals surface area contributed by atoms with Crippen LogP contribution in [0.4, 0.5) is 0 Å². The minimum atomic E-state index is -0.437. The maximum absolute atomic E-state index is 12.2. The Morgan fingerprint density at radius 1 is 1.14 bits per heavy atom. The van der Waals surface area contributed by atoms with Gasteiger partial charge in [0.05, 0.1) is 37.1 Å². The molecule has 6 atom stereocenters. The van der Waals surface area contributed by atoms with Crippen molar-refractivity contribution >= 4 is 11.9 Å². The Hall–Kier alpha value is -1.96. The molecule has 35 heavy (non-hydrogen) atoms. The van der Waals surface area contributed by atoms with E-state index in [0.717, 1.165) is 38.9 Å². The summed E-state index contributed by atoms with van der Waals surface area (Å²) in [6.45, 7) is 15.0. The van der Waals surface area contributed by atoms with Crippen LogP contribution in [0.25, 0.3) is 0 Å². The number of ether oxygens (including phenoxy) is 4. The van der Waals surface area contributed by atoms with Crippen LogP contribution in [0.1, 0.15) is 74.1 Å². The predicted octanol–water partition coefficient (Wildman–Crippen LogP) is 4.66. The lowest BCUT2D eigenvalue weighted by atomic mass is 9.93. The maximum atomic E-state index is 12.2. The second kappa shape index (κ2) is 14.0. The van der Waals surface area contributed by atoms with Crippen molar-refractivity contribution in [3.8, 4) is 0 Å². The first kappa shape index (κ1) is 29.3. The van der Waals surface area contributed by atoms with Crippen molar-refractivity contribution in [3.63, 3.8) is 0 Å². The van der Waals surface area contributed by atoms with Gasteiger partial charge in [0.15, 0.2) is 0 Å². The summed E-state index contributed by atoms with van der Waals surface area (Å²) in [5, 5.41) is 2.99. The fourth-order valence-corrected chi connectivity index (χ4v) is 4.40. The van der Waals surface area contributed by atoms with E-state index < -0.39 is 6.10 Å². The molecule has 0 aromatic rings. The highest BCUT2D eigenvalue weighted by Crippen LogP contribution is 2.39. The first-order chi connectivity index (χ1) is 16.5. The summed E-state index contributed by atoms with van der Waals surface area (Å²) in [5.74, 6) is -0.322. The average molecular weight is 492 g/mol. The number of carbonyl (C=O) groups is 2. The fourth-order valence-electron chi connectivity index (χ4n) is 4.40. The van der Waals surface area contributed by atoms with E-state index in [1.165, 1.54) is 18.6 Å². The van der Waals surface area contributed by atoms with Gasteiger partial charge in [-0.2, -0.15) is 0 Å². The van der Waals surface area contributed by atoms with Crippen molar-refractivity contribution in [2.45, 2.75) is 110 Å². The molecule has 0 radical (unpaired) electrons. The van der Waals surface area contributed by atoms with Crippen LogP contribution < -0.4 is 5.32 Å². The number of nitrogens with one attached hydrogen (secondary N) is 1. The lowest BCUT2D eigenvalue weighted by Gasteiger charge is -2.28. The summed E-state index contributed by atoms with van der Waals surface area (Å²) >= 11 is 0. The standard InChI is InChI=1S/C28H45NO6/c1-19(2)34-26(12-9-20(3)8-11-25-17-28(18-33-28)14-15-32-25)21(4)16-22(5)29-27(31)13-10-23(6)35-24(7)30/h8-11,13,19,21-23,25-26H,12,14-18H2,1-7H3,(H,29,31)/b11-8+,13-10-,20-9+/t21-,22-,23-,25+,26-,28-/m0/s1. The molecular formula is C28H45NO6. The van der Waals surface area contributed by atoms with Gasteiger partial charge in [-0.15, -0.1) is 0 Å². The van der Waals surface area contributed by atoms with Gasteiger partial charge in [0.1, 0.15) is 6.10 Å². The molecule has 2 fully saturated rings. The Kier molecular flexibility index (Phi) is 11.7. The van der Waals surface area contributed by atoms with Gasteiger partial charge in [0, 0.05) is 31.9 Å².